The number of thiophene rings is 1. The summed E-state index contributed by atoms with van der Waals surface area (Å²) >= 11 is 7.89. The molecule has 0 radical (unpaired) electrons. The van der Waals surface area contributed by atoms with Gasteiger partial charge in [-0.05, 0) is 43.9 Å². The maximum atomic E-state index is 12.6. The highest BCUT2D eigenvalue weighted by atomic mass is 35.5. The Morgan fingerprint density at radius 1 is 1.35 bits per heavy atom. The first-order valence-electron chi connectivity index (χ1n) is 10.6. The number of halogens is 1. The minimum atomic E-state index is -0.195. The SMILES string of the molecule is Cc1cnc2c(N)c(C(=O)NCCc3ccc(N4CC5CCC(C4)N5)c(Cl)c3)sc2n1. The van der Waals surface area contributed by atoms with E-state index in [0.717, 1.165) is 35.1 Å². The molecule has 4 heterocycles. The number of hydrogen-bond acceptors (Lipinski definition) is 7. The number of amides is 1. The molecule has 0 spiro atoms. The van der Waals surface area contributed by atoms with E-state index in [9.17, 15) is 4.79 Å². The molecule has 2 aromatic heterocycles. The van der Waals surface area contributed by atoms with Gasteiger partial charge in [0.2, 0.25) is 0 Å². The van der Waals surface area contributed by atoms with Crippen LogP contribution in [0.25, 0.3) is 10.3 Å². The fourth-order valence-electron chi connectivity index (χ4n) is 4.50. The van der Waals surface area contributed by atoms with Crippen molar-refractivity contribution in [2.24, 2.45) is 0 Å². The van der Waals surface area contributed by atoms with E-state index in [1.54, 1.807) is 6.20 Å². The zero-order valence-electron chi connectivity index (χ0n) is 17.3. The second-order valence-electron chi connectivity index (χ2n) is 8.34. The van der Waals surface area contributed by atoms with E-state index in [2.05, 4.69) is 37.6 Å². The van der Waals surface area contributed by atoms with Gasteiger partial charge in [0, 0.05) is 37.9 Å². The average molecular weight is 457 g/mol. The van der Waals surface area contributed by atoms with Crippen molar-refractivity contribution < 1.29 is 4.79 Å². The van der Waals surface area contributed by atoms with E-state index in [0.29, 0.717) is 46.0 Å². The molecule has 4 N–H and O–H groups in total. The summed E-state index contributed by atoms with van der Waals surface area (Å²) < 4.78 is 0. The molecule has 2 aliphatic heterocycles. The second kappa shape index (κ2) is 8.26. The number of hydrogen-bond donors (Lipinski definition) is 3. The van der Waals surface area contributed by atoms with Crippen molar-refractivity contribution in [2.75, 3.05) is 30.3 Å². The van der Waals surface area contributed by atoms with Crippen molar-refractivity contribution in [1.82, 2.24) is 20.6 Å². The van der Waals surface area contributed by atoms with Gasteiger partial charge in [-0.2, -0.15) is 0 Å². The molecule has 3 aromatic rings. The molecule has 1 aromatic carbocycles. The Bertz CT molecular complexity index is 1140. The molecule has 162 valence electrons. The van der Waals surface area contributed by atoms with Gasteiger partial charge in [0.1, 0.15) is 15.2 Å². The molecule has 0 saturated carbocycles. The van der Waals surface area contributed by atoms with E-state index in [1.807, 2.05) is 13.0 Å². The lowest BCUT2D eigenvalue weighted by molar-refractivity contribution is 0.0959. The van der Waals surface area contributed by atoms with Crippen LogP contribution in [0.1, 0.15) is 33.8 Å². The summed E-state index contributed by atoms with van der Waals surface area (Å²) in [7, 11) is 0. The summed E-state index contributed by atoms with van der Waals surface area (Å²) in [6.07, 6.45) is 4.84. The Morgan fingerprint density at radius 3 is 2.87 bits per heavy atom. The van der Waals surface area contributed by atoms with Gasteiger partial charge in [-0.25, -0.2) is 9.97 Å². The molecule has 31 heavy (non-hydrogen) atoms. The van der Waals surface area contributed by atoms with Crippen molar-refractivity contribution >= 4 is 50.6 Å². The topological polar surface area (TPSA) is 96.2 Å². The van der Waals surface area contributed by atoms with Gasteiger partial charge in [0.15, 0.2) is 0 Å². The van der Waals surface area contributed by atoms with E-state index in [1.165, 1.54) is 24.2 Å². The standard InChI is InChI=1S/C22H25ClN6OS/c1-12-9-26-19-18(24)20(31-22(19)27-12)21(30)25-7-6-13-2-5-17(16(23)8-13)29-10-14-3-4-15(11-29)28-14/h2,5,8-9,14-15,28H,3-4,6-7,10-11,24H2,1H3,(H,25,30). The van der Waals surface area contributed by atoms with Crippen molar-refractivity contribution in [3.63, 3.8) is 0 Å². The number of nitrogens with two attached hydrogens (primary N) is 1. The minimum Gasteiger partial charge on any atom is -0.396 e. The summed E-state index contributed by atoms with van der Waals surface area (Å²) in [6.45, 7) is 4.38. The van der Waals surface area contributed by atoms with Crippen LogP contribution >= 0.6 is 22.9 Å². The molecule has 2 aliphatic rings. The highest BCUT2D eigenvalue weighted by molar-refractivity contribution is 7.21. The quantitative estimate of drug-likeness (QED) is 0.545. The van der Waals surface area contributed by atoms with Crippen molar-refractivity contribution in [1.29, 1.82) is 0 Å². The number of carbonyl (C=O) groups excluding carboxylic acids is 1. The van der Waals surface area contributed by atoms with Gasteiger partial charge >= 0.3 is 0 Å². The van der Waals surface area contributed by atoms with Crippen LogP contribution in [0, 0.1) is 6.92 Å². The number of fused-ring (bicyclic) bond motifs is 3. The Hall–Kier alpha value is -2.42. The first-order valence-corrected chi connectivity index (χ1v) is 11.8. The van der Waals surface area contributed by atoms with Gasteiger partial charge < -0.3 is 21.3 Å². The number of anilines is 2. The predicted octanol–water partition coefficient (Wildman–Crippen LogP) is 3.15. The lowest BCUT2D eigenvalue weighted by atomic mass is 10.1. The predicted molar refractivity (Wildman–Crippen MR) is 126 cm³/mol. The smallest absolute Gasteiger partial charge is 0.263 e. The fraction of sp³-hybridized carbons (Fsp3) is 0.409. The van der Waals surface area contributed by atoms with Gasteiger partial charge in [0.25, 0.3) is 5.91 Å². The van der Waals surface area contributed by atoms with Crippen LogP contribution < -0.4 is 21.3 Å². The zero-order chi connectivity index (χ0) is 21.5. The third-order valence-electron chi connectivity index (χ3n) is 6.03. The van der Waals surface area contributed by atoms with Crippen LogP contribution in [0.15, 0.2) is 24.4 Å². The van der Waals surface area contributed by atoms with Gasteiger partial charge in [-0.15, -0.1) is 11.3 Å². The molecular weight excluding hydrogens is 432 g/mol. The van der Waals surface area contributed by atoms with Crippen LogP contribution in [0.5, 0.6) is 0 Å². The molecule has 2 fully saturated rings. The summed E-state index contributed by atoms with van der Waals surface area (Å²) in [5, 5.41) is 7.37. The third-order valence-corrected chi connectivity index (χ3v) is 7.42. The first kappa shape index (κ1) is 20.5. The lowest BCUT2D eigenvalue weighted by Crippen LogP contribution is -2.51. The first-order chi connectivity index (χ1) is 15.0. The molecule has 2 atom stereocenters. The number of benzene rings is 1. The van der Waals surface area contributed by atoms with Crippen LogP contribution in [-0.2, 0) is 6.42 Å². The van der Waals surface area contributed by atoms with Crippen molar-refractivity contribution in [3.8, 4) is 0 Å². The Morgan fingerprint density at radius 2 is 2.13 bits per heavy atom. The molecule has 0 aliphatic carbocycles. The van der Waals surface area contributed by atoms with Crippen LogP contribution in [-0.4, -0.2) is 47.6 Å². The van der Waals surface area contributed by atoms with Crippen LogP contribution in [0.3, 0.4) is 0 Å². The van der Waals surface area contributed by atoms with Crippen LogP contribution in [0.4, 0.5) is 11.4 Å². The summed E-state index contributed by atoms with van der Waals surface area (Å²) in [6, 6.07) is 7.35. The molecule has 2 bridgehead atoms. The maximum absolute atomic E-state index is 12.6. The number of nitrogens with zero attached hydrogens (tertiary/aromatic N) is 3. The fourth-order valence-corrected chi connectivity index (χ4v) is 5.83. The molecule has 1 amide bonds. The highest BCUT2D eigenvalue weighted by Gasteiger charge is 2.32. The number of aromatic nitrogens is 2. The minimum absolute atomic E-state index is 0.195. The molecule has 2 saturated heterocycles. The lowest BCUT2D eigenvalue weighted by Gasteiger charge is -2.35. The number of carbonyl (C=O) groups is 1. The van der Waals surface area contributed by atoms with Gasteiger partial charge in [-0.1, -0.05) is 17.7 Å². The third kappa shape index (κ3) is 4.07. The molecule has 7 nitrogen and oxygen atoms in total. The molecule has 5 rings (SSSR count). The van der Waals surface area contributed by atoms with E-state index < -0.39 is 0 Å². The Balaban J connectivity index is 1.21. The molecular formula is C22H25ClN6OS. The van der Waals surface area contributed by atoms with E-state index in [4.69, 9.17) is 17.3 Å². The normalized spacial score (nSPS) is 20.4. The number of nitrogens with one attached hydrogen (secondary N) is 2. The zero-order valence-corrected chi connectivity index (χ0v) is 18.9. The average Bonchev–Trinajstić information content (AvgIpc) is 3.26. The van der Waals surface area contributed by atoms with Gasteiger partial charge in [-0.3, -0.25) is 4.79 Å². The monoisotopic (exact) mass is 456 g/mol. The molecule has 2 unspecified atom stereocenters. The van der Waals surface area contributed by atoms with Gasteiger partial charge in [0.05, 0.1) is 22.1 Å². The van der Waals surface area contributed by atoms with Crippen molar-refractivity contribution in [2.45, 2.75) is 38.3 Å². The van der Waals surface area contributed by atoms with E-state index >= 15 is 0 Å². The maximum Gasteiger partial charge on any atom is 0.263 e. The number of rotatable bonds is 5. The number of aryl methyl sites for hydroxylation is 1. The number of nitrogen functional groups attached to an aromatic ring is 1. The Labute approximate surface area is 190 Å². The van der Waals surface area contributed by atoms with E-state index in [-0.39, 0.29) is 5.91 Å². The van der Waals surface area contributed by atoms with Crippen LogP contribution in [0.2, 0.25) is 5.02 Å². The van der Waals surface area contributed by atoms with Crippen molar-refractivity contribution in [3.05, 3.63) is 45.6 Å². The largest absolute Gasteiger partial charge is 0.396 e. The number of piperazine rings is 1. The highest BCUT2D eigenvalue weighted by Crippen LogP contribution is 2.32. The second-order valence-corrected chi connectivity index (χ2v) is 9.75. The Kier molecular flexibility index (Phi) is 5.45. The molecule has 9 heteroatoms. The summed E-state index contributed by atoms with van der Waals surface area (Å²) in [4.78, 5) is 24.9. The summed E-state index contributed by atoms with van der Waals surface area (Å²) in [5.74, 6) is -0.195. The summed E-state index contributed by atoms with van der Waals surface area (Å²) in [5.41, 5.74) is 10.1.